The van der Waals surface area contributed by atoms with Gasteiger partial charge in [0.15, 0.2) is 0 Å². The molecule has 0 aromatic carbocycles. The highest BCUT2D eigenvalue weighted by atomic mass is 16.2. The average molecular weight is 250 g/mol. The molecule has 0 aliphatic heterocycles. The van der Waals surface area contributed by atoms with E-state index in [1.54, 1.807) is 0 Å². The number of aromatic nitrogens is 2. The molecule has 1 aromatic heterocycles. The molecule has 1 aliphatic carbocycles. The highest BCUT2D eigenvalue weighted by Gasteiger charge is 2.42. The molecule has 0 bridgehead atoms. The van der Waals surface area contributed by atoms with Crippen LogP contribution in [0.2, 0.25) is 0 Å². The zero-order valence-corrected chi connectivity index (χ0v) is 11.0. The molecular formula is C13H22N4O. The number of nitrogens with one attached hydrogen (secondary N) is 2. The summed E-state index contributed by atoms with van der Waals surface area (Å²) in [4.78, 5) is 12.0. The number of rotatable bonds is 6. The second-order valence-electron chi connectivity index (χ2n) is 5.22. The van der Waals surface area contributed by atoms with Crippen molar-refractivity contribution < 1.29 is 4.79 Å². The summed E-state index contributed by atoms with van der Waals surface area (Å²) in [5.74, 6) is 0.139. The number of amides is 1. The Balaban J connectivity index is 1.69. The van der Waals surface area contributed by atoms with Gasteiger partial charge in [-0.05, 0) is 38.2 Å². The number of aryl methyl sites for hydroxylation is 2. The van der Waals surface area contributed by atoms with Gasteiger partial charge in [0.2, 0.25) is 5.91 Å². The highest BCUT2D eigenvalue weighted by Crippen LogP contribution is 2.39. The van der Waals surface area contributed by atoms with Crippen molar-refractivity contribution in [3.05, 3.63) is 17.5 Å². The van der Waals surface area contributed by atoms with Crippen LogP contribution in [0.3, 0.4) is 0 Å². The van der Waals surface area contributed by atoms with Gasteiger partial charge in [-0.15, -0.1) is 0 Å². The monoisotopic (exact) mass is 250 g/mol. The van der Waals surface area contributed by atoms with Crippen LogP contribution in [0, 0.1) is 12.3 Å². The summed E-state index contributed by atoms with van der Waals surface area (Å²) in [5, 5.41) is 9.91. The fourth-order valence-electron chi connectivity index (χ4n) is 2.42. The number of aromatic amines is 1. The lowest BCUT2D eigenvalue weighted by atomic mass is 9.68. The summed E-state index contributed by atoms with van der Waals surface area (Å²) in [5.41, 5.74) is 7.77. The minimum atomic E-state index is -0.258. The van der Waals surface area contributed by atoms with Crippen molar-refractivity contribution in [3.8, 4) is 0 Å². The second kappa shape index (κ2) is 5.52. The molecule has 5 nitrogen and oxygen atoms in total. The van der Waals surface area contributed by atoms with Crippen molar-refractivity contribution in [3.63, 3.8) is 0 Å². The molecule has 1 aliphatic rings. The van der Waals surface area contributed by atoms with Gasteiger partial charge in [-0.3, -0.25) is 9.89 Å². The number of carbonyl (C=O) groups is 1. The van der Waals surface area contributed by atoms with Gasteiger partial charge in [-0.25, -0.2) is 0 Å². The molecule has 0 atom stereocenters. The molecule has 100 valence electrons. The fourth-order valence-corrected chi connectivity index (χ4v) is 2.42. The Morgan fingerprint density at radius 1 is 1.61 bits per heavy atom. The van der Waals surface area contributed by atoms with Crippen LogP contribution in [0.5, 0.6) is 0 Å². The summed E-state index contributed by atoms with van der Waals surface area (Å²) in [6, 6.07) is 0. The first-order valence-electron chi connectivity index (χ1n) is 6.65. The van der Waals surface area contributed by atoms with Crippen LogP contribution in [0.25, 0.3) is 0 Å². The largest absolute Gasteiger partial charge is 0.356 e. The lowest BCUT2D eigenvalue weighted by Crippen LogP contribution is -2.50. The Morgan fingerprint density at radius 3 is 2.89 bits per heavy atom. The Labute approximate surface area is 108 Å². The minimum absolute atomic E-state index is 0.139. The third-order valence-corrected chi connectivity index (χ3v) is 4.03. The van der Waals surface area contributed by atoms with E-state index in [2.05, 4.69) is 15.5 Å². The van der Waals surface area contributed by atoms with Crippen molar-refractivity contribution >= 4 is 5.91 Å². The van der Waals surface area contributed by atoms with Gasteiger partial charge in [0, 0.05) is 18.8 Å². The lowest BCUT2D eigenvalue weighted by molar-refractivity contribution is -0.135. The van der Waals surface area contributed by atoms with Gasteiger partial charge in [0.1, 0.15) is 0 Å². The van der Waals surface area contributed by atoms with Crippen molar-refractivity contribution in [2.75, 3.05) is 13.1 Å². The number of nitrogens with two attached hydrogens (primary N) is 1. The molecule has 0 radical (unpaired) electrons. The molecule has 0 unspecified atom stereocenters. The molecule has 1 fully saturated rings. The Hall–Kier alpha value is -1.36. The van der Waals surface area contributed by atoms with Crippen LogP contribution in [0.1, 0.15) is 36.9 Å². The normalized spacial score (nSPS) is 17.2. The minimum Gasteiger partial charge on any atom is -0.356 e. The molecule has 4 N–H and O–H groups in total. The van der Waals surface area contributed by atoms with Gasteiger partial charge in [-0.1, -0.05) is 6.42 Å². The molecule has 5 heteroatoms. The molecule has 0 saturated heterocycles. The van der Waals surface area contributed by atoms with Crippen LogP contribution in [0.4, 0.5) is 0 Å². The maximum absolute atomic E-state index is 12.0. The van der Waals surface area contributed by atoms with Crippen LogP contribution in [-0.2, 0) is 11.2 Å². The van der Waals surface area contributed by atoms with Gasteiger partial charge >= 0.3 is 0 Å². The quantitative estimate of drug-likeness (QED) is 0.656. The number of carbonyl (C=O) groups excluding carboxylic acids is 1. The van der Waals surface area contributed by atoms with E-state index in [9.17, 15) is 4.79 Å². The van der Waals surface area contributed by atoms with E-state index in [0.717, 1.165) is 37.8 Å². The van der Waals surface area contributed by atoms with E-state index in [0.29, 0.717) is 13.1 Å². The Morgan fingerprint density at radius 2 is 2.39 bits per heavy atom. The lowest BCUT2D eigenvalue weighted by Gasteiger charge is -2.39. The molecule has 18 heavy (non-hydrogen) atoms. The molecular weight excluding hydrogens is 228 g/mol. The summed E-state index contributed by atoms with van der Waals surface area (Å²) in [6.07, 6.45) is 6.74. The first-order valence-corrected chi connectivity index (χ1v) is 6.65. The van der Waals surface area contributed by atoms with Gasteiger partial charge in [-0.2, -0.15) is 5.10 Å². The van der Waals surface area contributed by atoms with Crippen LogP contribution < -0.4 is 11.1 Å². The van der Waals surface area contributed by atoms with Crippen molar-refractivity contribution in [2.45, 2.75) is 39.0 Å². The van der Waals surface area contributed by atoms with Crippen molar-refractivity contribution in [1.29, 1.82) is 0 Å². The van der Waals surface area contributed by atoms with Gasteiger partial charge < -0.3 is 11.1 Å². The average Bonchev–Trinajstić information content (AvgIpc) is 2.70. The molecule has 2 rings (SSSR count). The third-order valence-electron chi connectivity index (χ3n) is 4.03. The smallest absolute Gasteiger partial charge is 0.227 e. The molecule has 1 saturated carbocycles. The van der Waals surface area contributed by atoms with Gasteiger partial charge in [0.05, 0.1) is 11.6 Å². The maximum atomic E-state index is 12.0. The molecule has 1 aromatic rings. The second-order valence-corrected chi connectivity index (χ2v) is 5.22. The zero-order chi connectivity index (χ0) is 13.0. The summed E-state index contributed by atoms with van der Waals surface area (Å²) >= 11 is 0. The van der Waals surface area contributed by atoms with Gasteiger partial charge in [0.25, 0.3) is 0 Å². The van der Waals surface area contributed by atoms with E-state index >= 15 is 0 Å². The summed E-state index contributed by atoms with van der Waals surface area (Å²) < 4.78 is 0. The highest BCUT2D eigenvalue weighted by molar-refractivity contribution is 5.83. The van der Waals surface area contributed by atoms with E-state index in [1.165, 1.54) is 5.56 Å². The topological polar surface area (TPSA) is 83.8 Å². The molecule has 1 amide bonds. The number of nitrogens with zero attached hydrogens (tertiary/aromatic N) is 1. The van der Waals surface area contributed by atoms with E-state index in [1.807, 2.05) is 13.1 Å². The predicted molar refractivity (Wildman–Crippen MR) is 70.0 cm³/mol. The van der Waals surface area contributed by atoms with Crippen molar-refractivity contribution in [2.24, 2.45) is 11.1 Å². The van der Waals surface area contributed by atoms with Crippen LogP contribution >= 0.6 is 0 Å². The summed E-state index contributed by atoms with van der Waals surface area (Å²) in [6.45, 7) is 3.20. The SMILES string of the molecule is Cc1[nH]ncc1CCCNC(=O)C1(CN)CCC1. The number of hydrogen-bond donors (Lipinski definition) is 3. The fraction of sp³-hybridized carbons (Fsp3) is 0.692. The summed E-state index contributed by atoms with van der Waals surface area (Å²) in [7, 11) is 0. The molecule has 0 spiro atoms. The standard InChI is InChI=1S/C13H22N4O/c1-10-11(8-16-17-10)4-2-7-15-12(18)13(9-14)5-3-6-13/h8H,2-7,9,14H2,1H3,(H,15,18)(H,16,17). The van der Waals surface area contributed by atoms with Crippen LogP contribution in [-0.4, -0.2) is 29.2 Å². The maximum Gasteiger partial charge on any atom is 0.227 e. The molecule has 1 heterocycles. The number of H-pyrrole nitrogens is 1. The Kier molecular flexibility index (Phi) is 4.01. The number of hydrogen-bond acceptors (Lipinski definition) is 3. The van der Waals surface area contributed by atoms with Crippen molar-refractivity contribution in [1.82, 2.24) is 15.5 Å². The predicted octanol–water partition coefficient (Wildman–Crippen LogP) is 0.896. The van der Waals surface area contributed by atoms with E-state index in [-0.39, 0.29) is 11.3 Å². The van der Waals surface area contributed by atoms with E-state index in [4.69, 9.17) is 5.73 Å². The van der Waals surface area contributed by atoms with Crippen LogP contribution in [0.15, 0.2) is 6.20 Å². The van der Waals surface area contributed by atoms with E-state index < -0.39 is 0 Å². The first kappa shape index (κ1) is 13.1. The third kappa shape index (κ3) is 2.56. The first-order chi connectivity index (χ1) is 8.68. The Bertz CT molecular complexity index is 403. The zero-order valence-electron chi connectivity index (χ0n) is 11.0.